The molecule has 1 aliphatic carbocycles. The fourth-order valence-electron chi connectivity index (χ4n) is 3.45. The highest BCUT2D eigenvalue weighted by Crippen LogP contribution is 2.36. The maximum Gasteiger partial charge on any atom is 0.269 e. The van der Waals surface area contributed by atoms with Gasteiger partial charge in [0.25, 0.3) is 5.91 Å². The number of primary amides is 1. The van der Waals surface area contributed by atoms with Crippen LogP contribution in [0.25, 0.3) is 5.69 Å². The normalized spacial score (nSPS) is 16.0. The number of hydrogen-bond donors (Lipinski definition) is 2. The minimum Gasteiger partial charge on any atom is -0.380 e. The summed E-state index contributed by atoms with van der Waals surface area (Å²) in [6.07, 6.45) is 2.09. The molecule has 1 aliphatic rings. The molecule has 0 spiro atoms. The van der Waals surface area contributed by atoms with Crippen LogP contribution in [0.3, 0.4) is 0 Å². The van der Waals surface area contributed by atoms with Crippen LogP contribution in [0.15, 0.2) is 24.3 Å². The predicted octanol–water partition coefficient (Wildman–Crippen LogP) is 1.21. The van der Waals surface area contributed by atoms with Gasteiger partial charge in [-0.2, -0.15) is 5.10 Å². The third kappa shape index (κ3) is 4.07. The van der Waals surface area contributed by atoms with E-state index in [2.05, 4.69) is 23.9 Å². The summed E-state index contributed by atoms with van der Waals surface area (Å²) in [6, 6.07) is 7.49. The molecular formula is C21H24N4O3. The molecule has 2 aromatic rings. The third-order valence-corrected chi connectivity index (χ3v) is 4.97. The fourth-order valence-corrected chi connectivity index (χ4v) is 3.45. The van der Waals surface area contributed by atoms with Crippen LogP contribution in [0.2, 0.25) is 0 Å². The van der Waals surface area contributed by atoms with Crippen LogP contribution in [0.5, 0.6) is 0 Å². The average molecular weight is 380 g/mol. The summed E-state index contributed by atoms with van der Waals surface area (Å²) in [4.78, 5) is 23.8. The quantitative estimate of drug-likeness (QED) is 0.581. The van der Waals surface area contributed by atoms with Gasteiger partial charge in [-0.25, -0.2) is 4.68 Å². The first kappa shape index (κ1) is 19.6. The molecule has 7 heteroatoms. The SMILES string of the molecule is CC1CCc2c1c(C(N)=O)nn2-c1cccc(C#CC(O)CCN(C)C=O)c1. The van der Waals surface area contributed by atoms with Gasteiger partial charge in [0, 0.05) is 36.8 Å². The molecule has 2 atom stereocenters. The van der Waals surface area contributed by atoms with E-state index >= 15 is 0 Å². The standard InChI is InChI=1S/C21H24N4O3/c1-14-6-9-18-19(14)20(21(22)28)23-25(18)16-5-3-4-15(12-16)7-8-17(27)10-11-24(2)13-26/h3-5,12-14,17,27H,6,9-11H2,1-2H3,(H2,22,28). The fraction of sp³-hybridized carbons (Fsp3) is 0.381. The van der Waals surface area contributed by atoms with E-state index in [1.54, 1.807) is 11.7 Å². The number of nitrogens with zero attached hydrogens (tertiary/aromatic N) is 3. The van der Waals surface area contributed by atoms with Gasteiger partial charge >= 0.3 is 0 Å². The second-order valence-electron chi connectivity index (χ2n) is 7.13. The van der Waals surface area contributed by atoms with Crippen molar-refractivity contribution in [2.45, 2.75) is 38.2 Å². The molecule has 3 N–H and O–H groups in total. The Balaban J connectivity index is 1.85. The molecule has 0 aliphatic heterocycles. The Morgan fingerprint density at radius 2 is 2.32 bits per heavy atom. The third-order valence-electron chi connectivity index (χ3n) is 4.97. The van der Waals surface area contributed by atoms with E-state index in [0.29, 0.717) is 25.1 Å². The summed E-state index contributed by atoms with van der Waals surface area (Å²) in [6.45, 7) is 2.52. The number of fused-ring (bicyclic) bond motifs is 1. The van der Waals surface area contributed by atoms with Gasteiger partial charge in [0.1, 0.15) is 6.10 Å². The van der Waals surface area contributed by atoms with Crippen molar-refractivity contribution in [2.75, 3.05) is 13.6 Å². The van der Waals surface area contributed by atoms with Crippen molar-refractivity contribution in [3.05, 3.63) is 46.8 Å². The Hall–Kier alpha value is -3.11. The van der Waals surface area contributed by atoms with Crippen LogP contribution < -0.4 is 5.73 Å². The maximum absolute atomic E-state index is 11.8. The minimum absolute atomic E-state index is 0.258. The zero-order valence-electron chi connectivity index (χ0n) is 16.1. The van der Waals surface area contributed by atoms with E-state index in [9.17, 15) is 14.7 Å². The number of aliphatic hydroxyl groups excluding tert-OH is 1. The van der Waals surface area contributed by atoms with E-state index in [0.717, 1.165) is 35.3 Å². The first-order chi connectivity index (χ1) is 13.4. The smallest absolute Gasteiger partial charge is 0.269 e. The monoisotopic (exact) mass is 380 g/mol. The Morgan fingerprint density at radius 3 is 3.04 bits per heavy atom. The van der Waals surface area contributed by atoms with Crippen LogP contribution in [-0.2, 0) is 11.2 Å². The van der Waals surface area contributed by atoms with Crippen LogP contribution in [0, 0.1) is 11.8 Å². The Bertz CT molecular complexity index is 954. The van der Waals surface area contributed by atoms with Gasteiger partial charge in [-0.15, -0.1) is 0 Å². The molecule has 28 heavy (non-hydrogen) atoms. The second kappa shape index (κ2) is 8.28. The highest BCUT2D eigenvalue weighted by molar-refractivity contribution is 5.93. The van der Waals surface area contributed by atoms with Crippen molar-refractivity contribution in [1.29, 1.82) is 0 Å². The summed E-state index contributed by atoms with van der Waals surface area (Å²) < 4.78 is 1.78. The summed E-state index contributed by atoms with van der Waals surface area (Å²) in [5.74, 6) is 5.51. The van der Waals surface area contributed by atoms with Gasteiger partial charge in [-0.3, -0.25) is 9.59 Å². The average Bonchev–Trinajstić information content (AvgIpc) is 3.25. The summed E-state index contributed by atoms with van der Waals surface area (Å²) in [5, 5.41) is 14.4. The maximum atomic E-state index is 11.8. The molecule has 2 unspecified atom stereocenters. The molecule has 7 nitrogen and oxygen atoms in total. The van der Waals surface area contributed by atoms with E-state index in [1.165, 1.54) is 4.90 Å². The van der Waals surface area contributed by atoms with Crippen molar-refractivity contribution in [3.63, 3.8) is 0 Å². The molecule has 1 aromatic carbocycles. The molecule has 3 rings (SSSR count). The number of carbonyl (C=O) groups excluding carboxylic acids is 2. The number of amides is 2. The van der Waals surface area contributed by atoms with Crippen LogP contribution in [0.1, 0.15) is 53.0 Å². The zero-order chi connectivity index (χ0) is 20.3. The lowest BCUT2D eigenvalue weighted by atomic mass is 10.0. The van der Waals surface area contributed by atoms with Crippen LogP contribution >= 0.6 is 0 Å². The molecule has 1 heterocycles. The lowest BCUT2D eigenvalue weighted by molar-refractivity contribution is -0.117. The second-order valence-corrected chi connectivity index (χ2v) is 7.13. The number of rotatable bonds is 6. The summed E-state index contributed by atoms with van der Waals surface area (Å²) in [5.41, 5.74) is 9.36. The Morgan fingerprint density at radius 1 is 1.54 bits per heavy atom. The zero-order valence-corrected chi connectivity index (χ0v) is 16.1. The molecule has 0 saturated carbocycles. The van der Waals surface area contributed by atoms with Crippen molar-refractivity contribution in [3.8, 4) is 17.5 Å². The molecule has 0 radical (unpaired) electrons. The molecular weight excluding hydrogens is 356 g/mol. The van der Waals surface area contributed by atoms with E-state index in [1.807, 2.05) is 24.3 Å². The number of aliphatic hydroxyl groups is 1. The Kier molecular flexibility index (Phi) is 5.81. The van der Waals surface area contributed by atoms with Gasteiger partial charge < -0.3 is 15.7 Å². The predicted molar refractivity (Wildman–Crippen MR) is 105 cm³/mol. The number of carbonyl (C=O) groups is 2. The molecule has 2 amide bonds. The van der Waals surface area contributed by atoms with Gasteiger partial charge in [-0.1, -0.05) is 24.8 Å². The highest BCUT2D eigenvalue weighted by atomic mass is 16.3. The molecule has 1 aromatic heterocycles. The van der Waals surface area contributed by atoms with E-state index in [-0.39, 0.29) is 5.92 Å². The number of aromatic nitrogens is 2. The highest BCUT2D eigenvalue weighted by Gasteiger charge is 2.30. The topological polar surface area (TPSA) is 101 Å². The lowest BCUT2D eigenvalue weighted by Crippen LogP contribution is -2.21. The molecule has 0 fully saturated rings. The van der Waals surface area contributed by atoms with E-state index < -0.39 is 12.0 Å². The van der Waals surface area contributed by atoms with Gasteiger partial charge in [0.15, 0.2) is 5.69 Å². The first-order valence-corrected chi connectivity index (χ1v) is 9.28. The van der Waals surface area contributed by atoms with Crippen molar-refractivity contribution >= 4 is 12.3 Å². The minimum atomic E-state index is -0.817. The van der Waals surface area contributed by atoms with Crippen LogP contribution in [-0.4, -0.2) is 51.8 Å². The van der Waals surface area contributed by atoms with Crippen molar-refractivity contribution < 1.29 is 14.7 Å². The van der Waals surface area contributed by atoms with Gasteiger partial charge in [0.05, 0.1) is 5.69 Å². The summed E-state index contributed by atoms with van der Waals surface area (Å²) >= 11 is 0. The number of hydrogen-bond acceptors (Lipinski definition) is 4. The first-order valence-electron chi connectivity index (χ1n) is 9.28. The van der Waals surface area contributed by atoms with Crippen molar-refractivity contribution in [2.24, 2.45) is 5.73 Å². The van der Waals surface area contributed by atoms with Gasteiger partial charge in [-0.05, 0) is 37.0 Å². The van der Waals surface area contributed by atoms with Crippen molar-refractivity contribution in [1.82, 2.24) is 14.7 Å². The largest absolute Gasteiger partial charge is 0.380 e. The molecule has 146 valence electrons. The number of benzene rings is 1. The van der Waals surface area contributed by atoms with Gasteiger partial charge in [0.2, 0.25) is 6.41 Å². The molecule has 0 bridgehead atoms. The summed E-state index contributed by atoms with van der Waals surface area (Å²) in [7, 11) is 1.65. The lowest BCUT2D eigenvalue weighted by Gasteiger charge is -2.10. The molecule has 0 saturated heterocycles. The Labute approximate surface area is 164 Å². The van der Waals surface area contributed by atoms with Crippen LogP contribution in [0.4, 0.5) is 0 Å². The number of nitrogens with two attached hydrogens (primary N) is 1. The van der Waals surface area contributed by atoms with E-state index in [4.69, 9.17) is 5.73 Å².